The molecule has 0 aliphatic rings. The number of aliphatic hydroxyl groups excluding tert-OH is 1. The number of rotatable bonds is 6. The van der Waals surface area contributed by atoms with Gasteiger partial charge >= 0.3 is 5.97 Å². The van der Waals surface area contributed by atoms with Gasteiger partial charge in [0.1, 0.15) is 6.10 Å². The maximum atomic E-state index is 12.0. The van der Waals surface area contributed by atoms with Crippen LogP contribution in [0, 0.1) is 0 Å². The number of hydrogen-bond donors (Lipinski definition) is 2. The molecule has 5 nitrogen and oxygen atoms in total. The molecule has 7 heteroatoms. The first-order valence-corrected chi connectivity index (χ1v) is 4.88. The van der Waals surface area contributed by atoms with Gasteiger partial charge in [-0.1, -0.05) is 0 Å². The molecule has 0 saturated heterocycles. The lowest BCUT2D eigenvalue weighted by Gasteiger charge is -2.10. The van der Waals surface area contributed by atoms with Gasteiger partial charge in [-0.3, -0.25) is 0 Å². The Hall–Kier alpha value is -1.47. The normalized spacial score (nSPS) is 12.8. The van der Waals surface area contributed by atoms with E-state index in [2.05, 4.69) is 10.1 Å². The Morgan fingerprint density at radius 3 is 2.94 bits per heavy atom. The number of carbonyl (C=O) groups is 1. The van der Waals surface area contributed by atoms with E-state index < -0.39 is 18.5 Å². The number of aliphatic hydroxyl groups is 1. The molecule has 0 radical (unpaired) electrons. The zero-order chi connectivity index (χ0) is 12.8. The van der Waals surface area contributed by atoms with Gasteiger partial charge in [-0.15, -0.1) is 0 Å². The summed E-state index contributed by atoms with van der Waals surface area (Å²) < 4.78 is 33.3. The highest BCUT2D eigenvalue weighted by atomic mass is 19.3. The van der Waals surface area contributed by atoms with E-state index in [4.69, 9.17) is 9.52 Å². The van der Waals surface area contributed by atoms with Gasteiger partial charge < -0.3 is 19.6 Å². The number of nitrogens with one attached hydrogen (secondary N) is 1. The van der Waals surface area contributed by atoms with Crippen molar-refractivity contribution in [2.45, 2.75) is 19.1 Å². The molecule has 0 spiro atoms. The largest absolute Gasteiger partial charge is 0.463 e. The molecule has 0 bridgehead atoms. The van der Waals surface area contributed by atoms with E-state index in [1.165, 1.54) is 19.4 Å². The third kappa shape index (κ3) is 3.79. The van der Waals surface area contributed by atoms with Crippen LogP contribution in [0.2, 0.25) is 0 Å². The molecule has 0 saturated carbocycles. The molecule has 0 fully saturated rings. The number of ether oxygens (including phenoxy) is 1. The summed E-state index contributed by atoms with van der Waals surface area (Å²) in [4.78, 5) is 11.2. The first kappa shape index (κ1) is 13.6. The van der Waals surface area contributed by atoms with Crippen molar-refractivity contribution in [1.29, 1.82) is 0 Å². The topological polar surface area (TPSA) is 71.7 Å². The molecule has 0 aliphatic heterocycles. The lowest BCUT2D eigenvalue weighted by Crippen LogP contribution is -2.31. The predicted molar refractivity (Wildman–Crippen MR) is 53.8 cm³/mol. The molecular formula is C10H13F2NO4. The zero-order valence-corrected chi connectivity index (χ0v) is 9.15. The van der Waals surface area contributed by atoms with E-state index in [1.807, 2.05) is 0 Å². The summed E-state index contributed by atoms with van der Waals surface area (Å²) in [5, 5.41) is 11.4. The van der Waals surface area contributed by atoms with E-state index in [0.29, 0.717) is 5.56 Å². The summed E-state index contributed by atoms with van der Waals surface area (Å²) in [7, 11) is 1.21. The minimum atomic E-state index is -2.80. The molecule has 1 aromatic heterocycles. The van der Waals surface area contributed by atoms with E-state index >= 15 is 0 Å². The summed E-state index contributed by atoms with van der Waals surface area (Å²) in [5.74, 6) is -0.618. The molecule has 1 rings (SSSR count). The average Bonchev–Trinajstić information content (AvgIpc) is 2.76. The van der Waals surface area contributed by atoms with E-state index in [9.17, 15) is 13.6 Å². The molecule has 2 N–H and O–H groups in total. The SMILES string of the molecule is COC(=O)c1occc1CNCC(O)C(F)F. The first-order chi connectivity index (χ1) is 8.06. The number of hydrogen-bond acceptors (Lipinski definition) is 5. The molecule has 0 aliphatic carbocycles. The smallest absolute Gasteiger partial charge is 0.374 e. The molecule has 96 valence electrons. The standard InChI is InChI=1S/C10H13F2NO4/c1-16-10(15)8-6(2-3-17-8)4-13-5-7(14)9(11)12/h2-3,7,9,13-14H,4-5H2,1H3. The monoisotopic (exact) mass is 249 g/mol. The fourth-order valence-corrected chi connectivity index (χ4v) is 1.19. The van der Waals surface area contributed by atoms with Crippen LogP contribution in [0.15, 0.2) is 16.7 Å². The number of carbonyl (C=O) groups excluding carboxylic acids is 1. The minimum absolute atomic E-state index is 0.0199. The summed E-state index contributed by atoms with van der Waals surface area (Å²) in [5.41, 5.74) is 0.485. The minimum Gasteiger partial charge on any atom is -0.463 e. The average molecular weight is 249 g/mol. The number of alkyl halides is 2. The Morgan fingerprint density at radius 1 is 1.65 bits per heavy atom. The molecule has 1 unspecified atom stereocenters. The highest BCUT2D eigenvalue weighted by molar-refractivity contribution is 5.87. The number of furan rings is 1. The molecule has 1 heterocycles. The Morgan fingerprint density at radius 2 is 2.35 bits per heavy atom. The van der Waals surface area contributed by atoms with Crippen LogP contribution in [0.4, 0.5) is 8.78 Å². The van der Waals surface area contributed by atoms with Gasteiger partial charge in [0.05, 0.1) is 13.4 Å². The molecule has 1 aromatic rings. The number of methoxy groups -OCH3 is 1. The highest BCUT2D eigenvalue weighted by Gasteiger charge is 2.18. The Kier molecular flexibility index (Phi) is 5.05. The third-order valence-electron chi connectivity index (χ3n) is 2.08. The maximum absolute atomic E-state index is 12.0. The molecule has 1 atom stereocenters. The third-order valence-corrected chi connectivity index (χ3v) is 2.08. The Balaban J connectivity index is 2.47. The van der Waals surface area contributed by atoms with Crippen molar-refractivity contribution >= 4 is 5.97 Å². The van der Waals surface area contributed by atoms with Crippen molar-refractivity contribution < 1.29 is 27.8 Å². The summed E-state index contributed by atoms with van der Waals surface area (Å²) >= 11 is 0. The van der Waals surface area contributed by atoms with Crippen molar-refractivity contribution in [3.63, 3.8) is 0 Å². The van der Waals surface area contributed by atoms with E-state index in [1.54, 1.807) is 0 Å². The van der Waals surface area contributed by atoms with Crippen LogP contribution in [0.3, 0.4) is 0 Å². The Bertz CT molecular complexity index is 367. The zero-order valence-electron chi connectivity index (χ0n) is 9.15. The van der Waals surface area contributed by atoms with Gasteiger partial charge in [-0.2, -0.15) is 0 Å². The van der Waals surface area contributed by atoms with Crippen molar-refractivity contribution in [3.05, 3.63) is 23.7 Å². The second-order valence-corrected chi connectivity index (χ2v) is 3.30. The number of esters is 1. The van der Waals surface area contributed by atoms with Crippen LogP contribution in [-0.2, 0) is 11.3 Å². The van der Waals surface area contributed by atoms with Crippen LogP contribution >= 0.6 is 0 Å². The fraction of sp³-hybridized carbons (Fsp3) is 0.500. The van der Waals surface area contributed by atoms with E-state index in [-0.39, 0.29) is 18.8 Å². The van der Waals surface area contributed by atoms with Crippen molar-refractivity contribution in [2.75, 3.05) is 13.7 Å². The predicted octanol–water partition coefficient (Wildman–Crippen LogP) is 0.782. The van der Waals surface area contributed by atoms with Crippen LogP contribution in [-0.4, -0.2) is 37.3 Å². The summed E-state index contributed by atoms with van der Waals surface area (Å²) in [6.45, 7) is -0.145. The lowest BCUT2D eigenvalue weighted by molar-refractivity contribution is -0.00343. The summed E-state index contributed by atoms with van der Waals surface area (Å²) in [6, 6.07) is 1.52. The summed E-state index contributed by atoms with van der Waals surface area (Å²) in [6.07, 6.45) is -3.23. The lowest BCUT2D eigenvalue weighted by atomic mass is 10.2. The van der Waals surface area contributed by atoms with Gasteiger partial charge in [0.25, 0.3) is 6.43 Å². The van der Waals surface area contributed by atoms with Gasteiger partial charge in [-0.25, -0.2) is 13.6 Å². The van der Waals surface area contributed by atoms with Gasteiger partial charge in [0.15, 0.2) is 0 Å². The number of halogens is 2. The molecule has 0 amide bonds. The van der Waals surface area contributed by atoms with Crippen molar-refractivity contribution in [2.24, 2.45) is 0 Å². The fourth-order valence-electron chi connectivity index (χ4n) is 1.19. The molecule has 17 heavy (non-hydrogen) atoms. The quantitative estimate of drug-likeness (QED) is 0.729. The van der Waals surface area contributed by atoms with Gasteiger partial charge in [-0.05, 0) is 6.07 Å². The highest BCUT2D eigenvalue weighted by Crippen LogP contribution is 2.11. The van der Waals surface area contributed by atoms with Crippen molar-refractivity contribution in [1.82, 2.24) is 5.32 Å². The Labute approximate surface area is 96.4 Å². The van der Waals surface area contributed by atoms with Gasteiger partial charge in [0.2, 0.25) is 5.76 Å². The van der Waals surface area contributed by atoms with Crippen LogP contribution in [0.1, 0.15) is 16.1 Å². The van der Waals surface area contributed by atoms with Gasteiger partial charge in [0, 0.05) is 18.7 Å². The van der Waals surface area contributed by atoms with Crippen LogP contribution < -0.4 is 5.32 Å². The van der Waals surface area contributed by atoms with E-state index in [0.717, 1.165) is 0 Å². The maximum Gasteiger partial charge on any atom is 0.374 e. The second-order valence-electron chi connectivity index (χ2n) is 3.30. The second kappa shape index (κ2) is 6.31. The van der Waals surface area contributed by atoms with Crippen LogP contribution in [0.5, 0.6) is 0 Å². The van der Waals surface area contributed by atoms with Crippen molar-refractivity contribution in [3.8, 4) is 0 Å². The van der Waals surface area contributed by atoms with Crippen LogP contribution in [0.25, 0.3) is 0 Å². The first-order valence-electron chi connectivity index (χ1n) is 4.88. The molecular weight excluding hydrogens is 236 g/mol. The molecule has 0 aromatic carbocycles.